The monoisotopic (exact) mass is 1440 g/mol. The van der Waals surface area contributed by atoms with E-state index in [-0.39, 0.29) is 25.7 Å². The normalized spacial score (nSPS) is 14.2. The molecule has 582 valence electrons. The Bertz CT molecular complexity index is 1880. The predicted octanol–water partition coefficient (Wildman–Crippen LogP) is 23.6. The fourth-order valence-electron chi connectivity index (χ4n) is 12.2. The lowest BCUT2D eigenvalue weighted by atomic mass is 9.99. The molecule has 0 aromatic carbocycles. The van der Waals surface area contributed by atoms with Gasteiger partial charge in [-0.05, 0) is 31.6 Å². The third-order valence-corrected chi connectivity index (χ3v) is 20.8. The Morgan fingerprint density at radius 3 is 0.724 bits per heavy atom. The zero-order chi connectivity index (χ0) is 71.9. The van der Waals surface area contributed by atoms with Crippen LogP contribution in [0.25, 0.3) is 0 Å². The Balaban J connectivity index is 5.18. The van der Waals surface area contributed by atoms with Gasteiger partial charge in [-0.15, -0.1) is 0 Å². The first-order valence-corrected chi connectivity index (χ1v) is 44.2. The topological polar surface area (TPSA) is 237 Å². The Kier molecular flexibility index (Phi) is 70.6. The van der Waals surface area contributed by atoms with Crippen molar-refractivity contribution in [2.75, 3.05) is 39.6 Å². The van der Waals surface area contributed by atoms with Gasteiger partial charge < -0.3 is 33.8 Å². The van der Waals surface area contributed by atoms with E-state index in [4.69, 9.17) is 37.0 Å². The van der Waals surface area contributed by atoms with Crippen LogP contribution in [0.5, 0.6) is 0 Å². The van der Waals surface area contributed by atoms with E-state index in [2.05, 4.69) is 34.6 Å². The highest BCUT2D eigenvalue weighted by Crippen LogP contribution is 2.45. The summed E-state index contributed by atoms with van der Waals surface area (Å²) in [5.74, 6) is -1.24. The van der Waals surface area contributed by atoms with Crippen LogP contribution >= 0.6 is 15.6 Å². The average Bonchev–Trinajstić information content (AvgIpc) is 1.07. The lowest BCUT2D eigenvalue weighted by Gasteiger charge is -2.21. The zero-order valence-electron chi connectivity index (χ0n) is 63.9. The number of ether oxygens (including phenoxy) is 4. The quantitative estimate of drug-likeness (QED) is 0.0222. The summed E-state index contributed by atoms with van der Waals surface area (Å²) in [4.78, 5) is 72.8. The van der Waals surface area contributed by atoms with Crippen molar-refractivity contribution in [3.63, 3.8) is 0 Å². The number of carbonyl (C=O) groups excluding carboxylic acids is 4. The van der Waals surface area contributed by atoms with E-state index in [1.165, 1.54) is 244 Å². The van der Waals surface area contributed by atoms with Gasteiger partial charge in [0.25, 0.3) is 0 Å². The summed E-state index contributed by atoms with van der Waals surface area (Å²) < 4.78 is 68.6. The third kappa shape index (κ3) is 71.1. The minimum atomic E-state index is -4.96. The number of aliphatic hydroxyl groups excluding tert-OH is 1. The van der Waals surface area contributed by atoms with Crippen LogP contribution in [0.3, 0.4) is 0 Å². The fourth-order valence-corrected chi connectivity index (χ4v) is 13.8. The molecule has 0 aliphatic rings. The van der Waals surface area contributed by atoms with Crippen molar-refractivity contribution < 1.29 is 80.2 Å². The first-order chi connectivity index (χ1) is 47.6. The minimum absolute atomic E-state index is 0.107. The molecule has 0 radical (unpaired) electrons. The molecule has 98 heavy (non-hydrogen) atoms. The Morgan fingerprint density at radius 1 is 0.286 bits per heavy atom. The maximum atomic E-state index is 13.1. The van der Waals surface area contributed by atoms with Crippen LogP contribution in [0.15, 0.2) is 0 Å². The van der Waals surface area contributed by atoms with E-state index < -0.39 is 97.5 Å². The molecule has 6 atom stereocenters. The second kappa shape index (κ2) is 72.0. The van der Waals surface area contributed by atoms with Gasteiger partial charge in [0.05, 0.1) is 26.4 Å². The van der Waals surface area contributed by atoms with Crippen LogP contribution in [0.2, 0.25) is 0 Å². The Morgan fingerprint density at radius 2 is 0.490 bits per heavy atom. The lowest BCUT2D eigenvalue weighted by Crippen LogP contribution is -2.30. The van der Waals surface area contributed by atoms with Gasteiger partial charge in [0.2, 0.25) is 0 Å². The summed E-state index contributed by atoms with van der Waals surface area (Å²) in [6, 6.07) is 0. The predicted molar refractivity (Wildman–Crippen MR) is 400 cm³/mol. The van der Waals surface area contributed by atoms with E-state index in [1.807, 2.05) is 0 Å². The van der Waals surface area contributed by atoms with Crippen LogP contribution < -0.4 is 0 Å². The molecule has 3 N–H and O–H groups in total. The molecule has 0 heterocycles. The fraction of sp³-hybridized carbons (Fsp3) is 0.949. The molecule has 0 bridgehead atoms. The van der Waals surface area contributed by atoms with Gasteiger partial charge in [-0.3, -0.25) is 37.3 Å². The number of carbonyl (C=O) groups is 4. The second-order valence-corrected chi connectivity index (χ2v) is 31.6. The SMILES string of the molecule is CCCCCCCCCCCCCCCCCCC(=O)OC[C@H](COP(=O)(O)OC[C@@H](O)COP(=O)(O)OC[C@@H](COC(=O)CCCCCCCCCCCC)OC(=O)CCCCCCCCCCCC)OC(=O)CCCCCCCCCCCCCCCCCCCCC(C)CC. The number of hydrogen-bond donors (Lipinski definition) is 3. The molecule has 0 aromatic rings. The smallest absolute Gasteiger partial charge is 0.462 e. The summed E-state index contributed by atoms with van der Waals surface area (Å²) in [7, 11) is -9.91. The maximum absolute atomic E-state index is 13.1. The molecule has 0 amide bonds. The molecule has 0 saturated carbocycles. The first-order valence-electron chi connectivity index (χ1n) is 41.2. The zero-order valence-corrected chi connectivity index (χ0v) is 65.7. The van der Waals surface area contributed by atoms with Crippen LogP contribution in [0.1, 0.15) is 420 Å². The molecular formula is C79H154O17P2. The van der Waals surface area contributed by atoms with Gasteiger partial charge >= 0.3 is 39.5 Å². The summed E-state index contributed by atoms with van der Waals surface area (Å²) in [6.07, 6.45) is 62.4. The van der Waals surface area contributed by atoms with Gasteiger partial charge in [-0.25, -0.2) is 9.13 Å². The average molecular weight is 1440 g/mol. The van der Waals surface area contributed by atoms with Crippen LogP contribution in [-0.2, 0) is 65.4 Å². The molecule has 0 fully saturated rings. The third-order valence-electron chi connectivity index (χ3n) is 18.9. The number of phosphoric ester groups is 2. The number of phosphoric acid groups is 2. The van der Waals surface area contributed by atoms with Crippen LogP contribution in [0.4, 0.5) is 0 Å². The summed E-state index contributed by atoms with van der Waals surface area (Å²) in [5.41, 5.74) is 0. The van der Waals surface area contributed by atoms with Crippen molar-refractivity contribution >= 4 is 39.5 Å². The minimum Gasteiger partial charge on any atom is -0.462 e. The second-order valence-electron chi connectivity index (χ2n) is 28.7. The molecule has 0 aliphatic carbocycles. The van der Waals surface area contributed by atoms with E-state index in [0.29, 0.717) is 25.7 Å². The Hall–Kier alpha value is -1.94. The highest BCUT2D eigenvalue weighted by atomic mass is 31.2. The van der Waals surface area contributed by atoms with Crippen molar-refractivity contribution in [2.24, 2.45) is 5.92 Å². The number of aliphatic hydroxyl groups is 1. The van der Waals surface area contributed by atoms with E-state index >= 15 is 0 Å². The van der Waals surface area contributed by atoms with Gasteiger partial charge in [0, 0.05) is 25.7 Å². The largest absolute Gasteiger partial charge is 0.472 e. The van der Waals surface area contributed by atoms with Crippen molar-refractivity contribution in [1.82, 2.24) is 0 Å². The number of unbranched alkanes of at least 4 members (excludes halogenated alkanes) is 50. The summed E-state index contributed by atoms with van der Waals surface area (Å²) in [5, 5.41) is 10.6. The Labute approximate surface area is 600 Å². The lowest BCUT2D eigenvalue weighted by molar-refractivity contribution is -0.161. The number of rotatable bonds is 79. The standard InChI is InChI=1S/C79H154O17P2/c1-6-10-13-16-19-22-25-26-27-33-36-39-44-48-53-58-63-77(82)90-69-75(96-79(84)65-60-55-50-45-40-37-34-31-29-28-30-32-35-38-41-46-51-56-61-72(5)9-4)71-94-98(87,88)92-67-73(80)66-91-97(85,86)93-70-74(95-78(83)64-59-54-49-43-24-21-18-15-12-8-3)68-89-76(81)62-57-52-47-42-23-20-17-14-11-7-2/h72-75,80H,6-71H2,1-5H3,(H,85,86)(H,87,88)/t72?,73-,74+,75+/m0/s1. The molecule has 3 unspecified atom stereocenters. The number of esters is 4. The van der Waals surface area contributed by atoms with Crippen LogP contribution in [-0.4, -0.2) is 96.7 Å². The molecular weight excluding hydrogens is 1280 g/mol. The van der Waals surface area contributed by atoms with Crippen molar-refractivity contribution in [2.45, 2.75) is 438 Å². The molecule has 0 saturated heterocycles. The highest BCUT2D eigenvalue weighted by Gasteiger charge is 2.30. The molecule has 19 heteroatoms. The first kappa shape index (κ1) is 96.1. The molecule has 0 rings (SSSR count). The molecule has 17 nitrogen and oxygen atoms in total. The van der Waals surface area contributed by atoms with Crippen molar-refractivity contribution in [3.05, 3.63) is 0 Å². The van der Waals surface area contributed by atoms with Crippen molar-refractivity contribution in [3.8, 4) is 0 Å². The molecule has 0 spiro atoms. The summed E-state index contributed by atoms with van der Waals surface area (Å²) in [6.45, 7) is 7.36. The van der Waals surface area contributed by atoms with Gasteiger partial charge in [-0.2, -0.15) is 0 Å². The van der Waals surface area contributed by atoms with Gasteiger partial charge in [-0.1, -0.05) is 369 Å². The highest BCUT2D eigenvalue weighted by molar-refractivity contribution is 7.47. The van der Waals surface area contributed by atoms with E-state index in [1.54, 1.807) is 0 Å². The molecule has 0 aliphatic heterocycles. The van der Waals surface area contributed by atoms with Crippen molar-refractivity contribution in [1.29, 1.82) is 0 Å². The summed E-state index contributed by atoms with van der Waals surface area (Å²) >= 11 is 0. The van der Waals surface area contributed by atoms with Crippen LogP contribution in [0, 0.1) is 5.92 Å². The van der Waals surface area contributed by atoms with Gasteiger partial charge in [0.15, 0.2) is 12.2 Å². The number of hydrogen-bond acceptors (Lipinski definition) is 15. The maximum Gasteiger partial charge on any atom is 0.472 e. The molecule has 0 aromatic heterocycles. The van der Waals surface area contributed by atoms with E-state index in [0.717, 1.165) is 95.8 Å². The van der Waals surface area contributed by atoms with E-state index in [9.17, 15) is 43.2 Å². The van der Waals surface area contributed by atoms with Gasteiger partial charge in [0.1, 0.15) is 19.3 Å².